The third-order valence-electron chi connectivity index (χ3n) is 4.73. The van der Waals surface area contributed by atoms with E-state index in [1.165, 1.54) is 0 Å². The van der Waals surface area contributed by atoms with Crippen LogP contribution in [0.5, 0.6) is 5.75 Å². The van der Waals surface area contributed by atoms with Crippen LogP contribution in [-0.4, -0.2) is 43.4 Å². The molecule has 7 heteroatoms. The highest BCUT2D eigenvalue weighted by Gasteiger charge is 2.35. The number of hydrogen-bond donors (Lipinski definition) is 0. The van der Waals surface area contributed by atoms with Gasteiger partial charge in [0.25, 0.3) is 5.91 Å². The smallest absolute Gasteiger partial charge is 0.258 e. The number of para-hydroxylation sites is 1. The summed E-state index contributed by atoms with van der Waals surface area (Å²) in [5.74, 6) is 0.377. The third kappa shape index (κ3) is 5.06. The molecule has 2 aromatic rings. The summed E-state index contributed by atoms with van der Waals surface area (Å²) in [6.07, 6.45) is 1.27. The highest BCUT2D eigenvalue weighted by molar-refractivity contribution is 7.91. The van der Waals surface area contributed by atoms with E-state index in [9.17, 15) is 13.2 Å². The Morgan fingerprint density at radius 1 is 1.21 bits per heavy atom. The van der Waals surface area contributed by atoms with Gasteiger partial charge in [-0.1, -0.05) is 42.8 Å². The van der Waals surface area contributed by atoms with Gasteiger partial charge in [-0.2, -0.15) is 0 Å². The Morgan fingerprint density at radius 2 is 2.00 bits per heavy atom. The van der Waals surface area contributed by atoms with Crippen molar-refractivity contribution in [3.05, 3.63) is 64.7 Å². The van der Waals surface area contributed by atoms with Crippen molar-refractivity contribution in [1.29, 1.82) is 0 Å². The average molecular weight is 422 g/mol. The Labute approximate surface area is 171 Å². The van der Waals surface area contributed by atoms with Crippen molar-refractivity contribution in [3.8, 4) is 5.75 Å². The van der Waals surface area contributed by atoms with Gasteiger partial charge in [-0.15, -0.1) is 0 Å². The molecular formula is C21H24ClNO4S. The van der Waals surface area contributed by atoms with Crippen LogP contribution in [0.3, 0.4) is 0 Å². The van der Waals surface area contributed by atoms with E-state index in [1.54, 1.807) is 35.2 Å². The first-order valence-corrected chi connectivity index (χ1v) is 11.6. The first-order chi connectivity index (χ1) is 13.4. The van der Waals surface area contributed by atoms with Gasteiger partial charge < -0.3 is 9.64 Å². The quantitative estimate of drug-likeness (QED) is 0.678. The van der Waals surface area contributed by atoms with E-state index in [1.807, 2.05) is 25.1 Å². The topological polar surface area (TPSA) is 63.7 Å². The summed E-state index contributed by atoms with van der Waals surface area (Å²) in [6.45, 7) is 2.80. The van der Waals surface area contributed by atoms with Gasteiger partial charge in [0.15, 0.2) is 9.84 Å². The van der Waals surface area contributed by atoms with Crippen LogP contribution in [0, 0.1) is 0 Å². The molecule has 1 atom stereocenters. The van der Waals surface area contributed by atoms with Gasteiger partial charge in [0.2, 0.25) is 0 Å². The summed E-state index contributed by atoms with van der Waals surface area (Å²) in [7, 11) is -3.13. The van der Waals surface area contributed by atoms with E-state index in [2.05, 4.69) is 0 Å². The van der Waals surface area contributed by atoms with Crippen LogP contribution >= 0.6 is 11.6 Å². The lowest BCUT2D eigenvalue weighted by atomic mass is 10.1. The maximum atomic E-state index is 13.4. The van der Waals surface area contributed by atoms with Crippen LogP contribution in [0.25, 0.3) is 0 Å². The molecule has 0 radical (unpaired) electrons. The first kappa shape index (κ1) is 20.7. The van der Waals surface area contributed by atoms with E-state index in [-0.39, 0.29) is 23.5 Å². The van der Waals surface area contributed by atoms with Crippen LogP contribution in [0.2, 0.25) is 5.02 Å². The summed E-state index contributed by atoms with van der Waals surface area (Å²) in [5.41, 5.74) is 1.30. The number of hydrogen-bond acceptors (Lipinski definition) is 4. The molecule has 1 aliphatic heterocycles. The lowest BCUT2D eigenvalue weighted by Crippen LogP contribution is -2.40. The van der Waals surface area contributed by atoms with Crippen molar-refractivity contribution < 1.29 is 17.9 Å². The number of sulfone groups is 1. The largest absolute Gasteiger partial charge is 0.493 e. The molecule has 1 saturated heterocycles. The molecule has 0 unspecified atom stereocenters. The minimum atomic E-state index is -3.13. The second-order valence-electron chi connectivity index (χ2n) is 6.96. The molecule has 0 aliphatic carbocycles. The Morgan fingerprint density at radius 3 is 2.68 bits per heavy atom. The molecule has 0 saturated carbocycles. The molecule has 1 amide bonds. The number of rotatable bonds is 7. The van der Waals surface area contributed by atoms with E-state index in [0.717, 1.165) is 12.0 Å². The number of carbonyl (C=O) groups excluding carboxylic acids is 1. The minimum absolute atomic E-state index is 0.0166. The number of nitrogens with zero attached hydrogens (tertiary/aromatic N) is 1. The average Bonchev–Trinajstić information content (AvgIpc) is 3.03. The zero-order chi connectivity index (χ0) is 20.1. The molecule has 2 aromatic carbocycles. The summed E-state index contributed by atoms with van der Waals surface area (Å²) in [4.78, 5) is 15.1. The fourth-order valence-electron chi connectivity index (χ4n) is 3.36. The van der Waals surface area contributed by atoms with Crippen LogP contribution in [0.1, 0.15) is 35.7 Å². The molecule has 28 heavy (non-hydrogen) atoms. The lowest BCUT2D eigenvalue weighted by molar-refractivity contribution is 0.0676. The van der Waals surface area contributed by atoms with Gasteiger partial charge in [-0.05, 0) is 42.7 Å². The molecule has 5 nitrogen and oxygen atoms in total. The number of benzene rings is 2. The number of ether oxygens (including phenoxy) is 1. The fourth-order valence-corrected chi connectivity index (χ4v) is 5.30. The van der Waals surface area contributed by atoms with E-state index in [4.69, 9.17) is 16.3 Å². The maximum absolute atomic E-state index is 13.4. The summed E-state index contributed by atoms with van der Waals surface area (Å²) < 4.78 is 29.8. The fraction of sp³-hybridized carbons (Fsp3) is 0.381. The van der Waals surface area contributed by atoms with Crippen molar-refractivity contribution >= 4 is 27.3 Å². The lowest BCUT2D eigenvalue weighted by Gasteiger charge is -2.29. The van der Waals surface area contributed by atoms with Gasteiger partial charge in [0.05, 0.1) is 23.7 Å². The summed E-state index contributed by atoms with van der Waals surface area (Å²) in [5, 5.41) is 0.579. The molecule has 3 rings (SSSR count). The Balaban J connectivity index is 1.93. The zero-order valence-electron chi connectivity index (χ0n) is 15.8. The molecule has 1 fully saturated rings. The van der Waals surface area contributed by atoms with Crippen molar-refractivity contribution in [2.75, 3.05) is 18.1 Å². The van der Waals surface area contributed by atoms with E-state index < -0.39 is 9.84 Å². The van der Waals surface area contributed by atoms with E-state index >= 15 is 0 Å². The molecular weight excluding hydrogens is 398 g/mol. The van der Waals surface area contributed by atoms with Gasteiger partial charge in [0, 0.05) is 17.6 Å². The first-order valence-electron chi connectivity index (χ1n) is 9.37. The van der Waals surface area contributed by atoms with Gasteiger partial charge in [-0.3, -0.25) is 4.79 Å². The normalized spacial score (nSPS) is 18.0. The van der Waals surface area contributed by atoms with Gasteiger partial charge in [-0.25, -0.2) is 8.42 Å². The van der Waals surface area contributed by atoms with Crippen molar-refractivity contribution in [2.24, 2.45) is 0 Å². The Kier molecular flexibility index (Phi) is 6.62. The zero-order valence-corrected chi connectivity index (χ0v) is 17.4. The molecule has 1 aliphatic rings. The summed E-state index contributed by atoms with van der Waals surface area (Å²) >= 11 is 6.09. The molecule has 1 heterocycles. The summed E-state index contributed by atoms with van der Waals surface area (Å²) in [6, 6.07) is 14.0. The monoisotopic (exact) mass is 421 g/mol. The molecule has 0 aromatic heterocycles. The number of amides is 1. The highest BCUT2D eigenvalue weighted by Crippen LogP contribution is 2.27. The molecule has 0 bridgehead atoms. The van der Waals surface area contributed by atoms with Crippen LogP contribution < -0.4 is 4.74 Å². The second kappa shape index (κ2) is 8.97. The SMILES string of the molecule is CCCOc1ccccc1C(=O)N(Cc1cccc(Cl)c1)[C@@H]1CCS(=O)(=O)C1. The van der Waals surface area contributed by atoms with Crippen molar-refractivity contribution in [3.63, 3.8) is 0 Å². The third-order valence-corrected chi connectivity index (χ3v) is 6.72. The Bertz CT molecular complexity index is 945. The second-order valence-corrected chi connectivity index (χ2v) is 9.63. The van der Waals surface area contributed by atoms with Gasteiger partial charge >= 0.3 is 0 Å². The van der Waals surface area contributed by atoms with Crippen LogP contribution in [-0.2, 0) is 16.4 Å². The number of carbonyl (C=O) groups is 1. The van der Waals surface area contributed by atoms with Crippen LogP contribution in [0.15, 0.2) is 48.5 Å². The van der Waals surface area contributed by atoms with Crippen LogP contribution in [0.4, 0.5) is 0 Å². The van der Waals surface area contributed by atoms with Crippen molar-refractivity contribution in [2.45, 2.75) is 32.4 Å². The molecule has 0 N–H and O–H groups in total. The Hall–Kier alpha value is -2.05. The standard InChI is InChI=1S/C21H24ClNO4S/c1-2-11-27-20-9-4-3-8-19(20)21(24)23(18-10-12-28(25,26)15-18)14-16-6-5-7-17(22)13-16/h3-9,13,18H,2,10-12,14-15H2,1H3/t18-/m1/s1. The van der Waals surface area contributed by atoms with E-state index in [0.29, 0.717) is 35.9 Å². The highest BCUT2D eigenvalue weighted by atomic mass is 35.5. The van der Waals surface area contributed by atoms with Crippen molar-refractivity contribution in [1.82, 2.24) is 4.90 Å². The predicted molar refractivity (Wildman–Crippen MR) is 111 cm³/mol. The number of halogens is 1. The maximum Gasteiger partial charge on any atom is 0.258 e. The molecule has 150 valence electrons. The van der Waals surface area contributed by atoms with Gasteiger partial charge in [0.1, 0.15) is 5.75 Å². The molecule has 0 spiro atoms. The predicted octanol–water partition coefficient (Wildman–Crippen LogP) is 3.96. The minimum Gasteiger partial charge on any atom is -0.493 e.